The van der Waals surface area contributed by atoms with Gasteiger partial charge in [0.25, 0.3) is 0 Å². The van der Waals surface area contributed by atoms with Crippen LogP contribution < -0.4 is 10.1 Å². The maximum Gasteiger partial charge on any atom is 0.123 e. The summed E-state index contributed by atoms with van der Waals surface area (Å²) in [6, 6.07) is 8.27. The molecule has 0 spiro atoms. The van der Waals surface area contributed by atoms with Gasteiger partial charge >= 0.3 is 0 Å². The number of nitrogens with one attached hydrogen (secondary N) is 1. The van der Waals surface area contributed by atoms with E-state index in [9.17, 15) is 0 Å². The van der Waals surface area contributed by atoms with Crippen molar-refractivity contribution in [3.8, 4) is 5.75 Å². The van der Waals surface area contributed by atoms with Crippen LogP contribution in [0.25, 0.3) is 0 Å². The highest BCUT2D eigenvalue weighted by Crippen LogP contribution is 2.20. The highest BCUT2D eigenvalue weighted by molar-refractivity contribution is 5.33. The summed E-state index contributed by atoms with van der Waals surface area (Å²) in [6.07, 6.45) is 1.42. The van der Waals surface area contributed by atoms with Crippen molar-refractivity contribution in [3.05, 3.63) is 29.8 Å². The van der Waals surface area contributed by atoms with Gasteiger partial charge in [-0.1, -0.05) is 25.1 Å². The van der Waals surface area contributed by atoms with Gasteiger partial charge in [0.1, 0.15) is 11.9 Å². The van der Waals surface area contributed by atoms with E-state index < -0.39 is 0 Å². The van der Waals surface area contributed by atoms with Crippen molar-refractivity contribution < 1.29 is 4.74 Å². The Morgan fingerprint density at radius 2 is 2.15 bits per heavy atom. The molecule has 0 unspecified atom stereocenters. The summed E-state index contributed by atoms with van der Waals surface area (Å²) >= 11 is 0. The molecule has 1 aliphatic heterocycles. The van der Waals surface area contributed by atoms with E-state index in [1.807, 2.05) is 6.07 Å². The Balaban J connectivity index is 2.08. The van der Waals surface area contributed by atoms with E-state index >= 15 is 0 Å². The average molecular weight is 177 g/mol. The Morgan fingerprint density at radius 1 is 1.38 bits per heavy atom. The lowest BCUT2D eigenvalue weighted by Crippen LogP contribution is -2.50. The lowest BCUT2D eigenvalue weighted by molar-refractivity contribution is 0.141. The van der Waals surface area contributed by atoms with Gasteiger partial charge in [0, 0.05) is 13.1 Å². The van der Waals surface area contributed by atoms with Gasteiger partial charge < -0.3 is 10.1 Å². The van der Waals surface area contributed by atoms with Crippen molar-refractivity contribution in [2.24, 2.45) is 0 Å². The summed E-state index contributed by atoms with van der Waals surface area (Å²) in [5.74, 6) is 1.05. The normalized spacial score (nSPS) is 16.7. The molecule has 0 bridgehead atoms. The van der Waals surface area contributed by atoms with E-state index in [0.717, 1.165) is 25.3 Å². The SMILES string of the molecule is CCc1ccccc1OC1CNC1. The van der Waals surface area contributed by atoms with Crippen LogP contribution in [0.2, 0.25) is 0 Å². The van der Waals surface area contributed by atoms with E-state index in [-0.39, 0.29) is 0 Å². The average Bonchev–Trinajstić information content (AvgIpc) is 2.12. The Bertz CT molecular complexity index is 281. The minimum absolute atomic E-state index is 0.382. The van der Waals surface area contributed by atoms with Crippen LogP contribution in [0.1, 0.15) is 12.5 Å². The molecule has 1 N–H and O–H groups in total. The number of hydrogen-bond acceptors (Lipinski definition) is 2. The first-order valence-corrected chi connectivity index (χ1v) is 4.85. The summed E-state index contributed by atoms with van der Waals surface area (Å²) in [5.41, 5.74) is 1.30. The van der Waals surface area contributed by atoms with Gasteiger partial charge in [-0.15, -0.1) is 0 Å². The quantitative estimate of drug-likeness (QED) is 0.757. The first-order valence-electron chi connectivity index (χ1n) is 4.85. The number of aryl methyl sites for hydroxylation is 1. The van der Waals surface area contributed by atoms with Gasteiger partial charge in [-0.2, -0.15) is 0 Å². The Hall–Kier alpha value is -1.02. The van der Waals surface area contributed by atoms with Gasteiger partial charge in [-0.05, 0) is 18.1 Å². The van der Waals surface area contributed by atoms with E-state index in [1.165, 1.54) is 5.56 Å². The summed E-state index contributed by atoms with van der Waals surface area (Å²) in [6.45, 7) is 4.12. The topological polar surface area (TPSA) is 21.3 Å². The van der Waals surface area contributed by atoms with Crippen molar-refractivity contribution in [2.45, 2.75) is 19.4 Å². The second kappa shape index (κ2) is 3.79. The molecule has 13 heavy (non-hydrogen) atoms. The second-order valence-electron chi connectivity index (χ2n) is 3.36. The molecule has 2 nitrogen and oxygen atoms in total. The monoisotopic (exact) mass is 177 g/mol. The van der Waals surface area contributed by atoms with Crippen molar-refractivity contribution >= 4 is 0 Å². The molecule has 1 fully saturated rings. The molecule has 1 saturated heterocycles. The zero-order valence-electron chi connectivity index (χ0n) is 7.92. The van der Waals surface area contributed by atoms with Crippen LogP contribution >= 0.6 is 0 Å². The lowest BCUT2D eigenvalue weighted by atomic mass is 10.1. The fourth-order valence-corrected chi connectivity index (χ4v) is 1.44. The summed E-state index contributed by atoms with van der Waals surface area (Å²) in [7, 11) is 0. The molecule has 0 amide bonds. The highest BCUT2D eigenvalue weighted by atomic mass is 16.5. The molecule has 0 aromatic heterocycles. The van der Waals surface area contributed by atoms with Crippen LogP contribution in [-0.2, 0) is 6.42 Å². The van der Waals surface area contributed by atoms with Gasteiger partial charge in [0.2, 0.25) is 0 Å². The third-order valence-electron chi connectivity index (χ3n) is 2.39. The van der Waals surface area contributed by atoms with Gasteiger partial charge in [0.05, 0.1) is 0 Å². The predicted octanol–water partition coefficient (Wildman–Crippen LogP) is 1.60. The predicted molar refractivity (Wildman–Crippen MR) is 53.1 cm³/mol. The Morgan fingerprint density at radius 3 is 2.77 bits per heavy atom. The van der Waals surface area contributed by atoms with Crippen LogP contribution in [0, 0.1) is 0 Å². The van der Waals surface area contributed by atoms with Gasteiger partial charge in [-0.25, -0.2) is 0 Å². The van der Waals surface area contributed by atoms with Gasteiger partial charge in [0.15, 0.2) is 0 Å². The fourth-order valence-electron chi connectivity index (χ4n) is 1.44. The lowest BCUT2D eigenvalue weighted by Gasteiger charge is -2.28. The van der Waals surface area contributed by atoms with Crippen LogP contribution in [0.4, 0.5) is 0 Å². The molecule has 0 radical (unpaired) electrons. The highest BCUT2D eigenvalue weighted by Gasteiger charge is 2.18. The molecule has 1 heterocycles. The molecule has 2 rings (SSSR count). The first-order chi connectivity index (χ1) is 6.40. The van der Waals surface area contributed by atoms with Crippen LogP contribution in [0.3, 0.4) is 0 Å². The van der Waals surface area contributed by atoms with Crippen LogP contribution in [-0.4, -0.2) is 19.2 Å². The standard InChI is InChI=1S/C11H15NO/c1-2-9-5-3-4-6-11(9)13-10-7-12-8-10/h3-6,10,12H,2,7-8H2,1H3. The molecule has 1 aromatic rings. The summed E-state index contributed by atoms with van der Waals surface area (Å²) in [4.78, 5) is 0. The van der Waals surface area contributed by atoms with Crippen molar-refractivity contribution in [3.63, 3.8) is 0 Å². The summed E-state index contributed by atoms with van der Waals surface area (Å²) < 4.78 is 5.81. The zero-order valence-corrected chi connectivity index (χ0v) is 7.92. The molecular formula is C11H15NO. The summed E-state index contributed by atoms with van der Waals surface area (Å²) in [5, 5.41) is 3.19. The van der Waals surface area contributed by atoms with Crippen molar-refractivity contribution in [2.75, 3.05) is 13.1 Å². The number of rotatable bonds is 3. The fraction of sp³-hybridized carbons (Fsp3) is 0.455. The van der Waals surface area contributed by atoms with E-state index in [1.54, 1.807) is 0 Å². The molecule has 1 aromatic carbocycles. The molecule has 0 aliphatic carbocycles. The maximum absolute atomic E-state index is 5.81. The Kier molecular flexibility index (Phi) is 2.50. The Labute approximate surface area is 78.9 Å². The van der Waals surface area contributed by atoms with Crippen molar-refractivity contribution in [1.29, 1.82) is 0 Å². The van der Waals surface area contributed by atoms with E-state index in [4.69, 9.17) is 4.74 Å². The second-order valence-corrected chi connectivity index (χ2v) is 3.36. The van der Waals surface area contributed by atoms with Crippen LogP contribution in [0.15, 0.2) is 24.3 Å². The first kappa shape index (κ1) is 8.57. The van der Waals surface area contributed by atoms with Gasteiger partial charge in [-0.3, -0.25) is 0 Å². The molecule has 1 aliphatic rings. The smallest absolute Gasteiger partial charge is 0.123 e. The van der Waals surface area contributed by atoms with E-state index in [2.05, 4.69) is 30.4 Å². The largest absolute Gasteiger partial charge is 0.487 e. The molecule has 0 atom stereocenters. The minimum atomic E-state index is 0.382. The number of ether oxygens (including phenoxy) is 1. The van der Waals surface area contributed by atoms with Crippen LogP contribution in [0.5, 0.6) is 5.75 Å². The number of benzene rings is 1. The molecule has 2 heteroatoms. The maximum atomic E-state index is 5.81. The zero-order chi connectivity index (χ0) is 9.10. The van der Waals surface area contributed by atoms with E-state index in [0.29, 0.717) is 6.10 Å². The minimum Gasteiger partial charge on any atom is -0.487 e. The number of para-hydroxylation sites is 1. The van der Waals surface area contributed by atoms with Crippen molar-refractivity contribution in [1.82, 2.24) is 5.32 Å². The number of hydrogen-bond donors (Lipinski definition) is 1. The molecule has 0 saturated carbocycles. The third kappa shape index (κ3) is 1.83. The molecule has 70 valence electrons. The molecular weight excluding hydrogens is 162 g/mol. The third-order valence-corrected chi connectivity index (χ3v) is 2.39.